The van der Waals surface area contributed by atoms with E-state index in [0.717, 1.165) is 36.3 Å². The topological polar surface area (TPSA) is 84.5 Å². The lowest BCUT2D eigenvalue weighted by molar-refractivity contribution is -0.120. The Morgan fingerprint density at radius 3 is 2.33 bits per heavy atom. The average molecular weight is 394 g/mol. The van der Waals surface area contributed by atoms with E-state index in [9.17, 15) is 17.6 Å². The van der Waals surface area contributed by atoms with Gasteiger partial charge in [0.1, 0.15) is 11.6 Å². The van der Waals surface area contributed by atoms with Gasteiger partial charge in [-0.25, -0.2) is 17.5 Å². The summed E-state index contributed by atoms with van der Waals surface area (Å²) in [6, 6.07) is 12.2. The maximum atomic E-state index is 12.8. The van der Waals surface area contributed by atoms with E-state index >= 15 is 0 Å². The molecular formula is C19H23FN2O4S. The van der Waals surface area contributed by atoms with Gasteiger partial charge >= 0.3 is 0 Å². The van der Waals surface area contributed by atoms with Crippen molar-refractivity contribution in [1.82, 2.24) is 10.0 Å². The minimum Gasteiger partial charge on any atom is -0.497 e. The maximum absolute atomic E-state index is 12.8. The molecule has 2 aromatic rings. The minimum absolute atomic E-state index is 0.0238. The number of nitrogens with one attached hydrogen (secondary N) is 2. The summed E-state index contributed by atoms with van der Waals surface area (Å²) in [5, 5.41) is 2.76. The largest absolute Gasteiger partial charge is 0.497 e. The van der Waals surface area contributed by atoms with Gasteiger partial charge in [-0.05, 0) is 54.8 Å². The van der Waals surface area contributed by atoms with Crippen LogP contribution in [0.4, 0.5) is 4.39 Å². The molecule has 0 saturated heterocycles. The third-order valence-corrected chi connectivity index (χ3v) is 5.37. The van der Waals surface area contributed by atoms with E-state index in [1.165, 1.54) is 12.1 Å². The van der Waals surface area contributed by atoms with Gasteiger partial charge in [-0.2, -0.15) is 0 Å². The zero-order valence-electron chi connectivity index (χ0n) is 15.1. The number of halogens is 1. The lowest BCUT2D eigenvalue weighted by Gasteiger charge is -2.08. The van der Waals surface area contributed by atoms with Crippen LogP contribution < -0.4 is 14.8 Å². The number of rotatable bonds is 10. The second kappa shape index (κ2) is 10.0. The molecule has 0 aromatic heterocycles. The van der Waals surface area contributed by atoms with Crippen LogP contribution in [-0.4, -0.2) is 34.5 Å². The number of carbonyl (C=O) groups excluding carboxylic acids is 1. The SMILES string of the molecule is COc1ccc(CCCNC(=O)CCNS(=O)(=O)c2ccc(F)cc2)cc1. The van der Waals surface area contributed by atoms with Crippen LogP contribution in [0.3, 0.4) is 0 Å². The van der Waals surface area contributed by atoms with Gasteiger partial charge in [-0.3, -0.25) is 4.79 Å². The molecule has 2 N–H and O–H groups in total. The van der Waals surface area contributed by atoms with Crippen molar-refractivity contribution in [3.63, 3.8) is 0 Å². The van der Waals surface area contributed by atoms with Gasteiger partial charge in [0, 0.05) is 19.5 Å². The molecule has 0 heterocycles. The lowest BCUT2D eigenvalue weighted by Crippen LogP contribution is -2.31. The van der Waals surface area contributed by atoms with Crippen molar-refractivity contribution in [3.8, 4) is 5.75 Å². The number of sulfonamides is 1. The van der Waals surface area contributed by atoms with Gasteiger partial charge < -0.3 is 10.1 Å². The van der Waals surface area contributed by atoms with Crippen LogP contribution in [0.5, 0.6) is 5.75 Å². The number of ether oxygens (including phenoxy) is 1. The second-order valence-corrected chi connectivity index (χ2v) is 7.67. The van der Waals surface area contributed by atoms with Gasteiger partial charge in [0.25, 0.3) is 0 Å². The molecule has 2 aromatic carbocycles. The summed E-state index contributed by atoms with van der Waals surface area (Å²) < 4.78 is 44.3. The summed E-state index contributed by atoms with van der Waals surface area (Å²) in [5.41, 5.74) is 1.15. The Balaban J connectivity index is 1.65. The molecule has 0 atom stereocenters. The molecule has 0 aliphatic rings. The molecule has 0 fully saturated rings. The van der Waals surface area contributed by atoms with E-state index in [-0.39, 0.29) is 23.8 Å². The van der Waals surface area contributed by atoms with Gasteiger partial charge in [-0.15, -0.1) is 0 Å². The highest BCUT2D eigenvalue weighted by Gasteiger charge is 2.14. The molecule has 6 nitrogen and oxygen atoms in total. The fraction of sp³-hybridized carbons (Fsp3) is 0.316. The maximum Gasteiger partial charge on any atom is 0.240 e. The third kappa shape index (κ3) is 6.99. The first-order chi connectivity index (χ1) is 12.9. The van der Waals surface area contributed by atoms with Crippen LogP contribution in [0.2, 0.25) is 0 Å². The molecular weight excluding hydrogens is 371 g/mol. The van der Waals surface area contributed by atoms with Crippen LogP contribution in [-0.2, 0) is 21.2 Å². The number of hydrogen-bond acceptors (Lipinski definition) is 4. The minimum atomic E-state index is -3.75. The van der Waals surface area contributed by atoms with Crippen LogP contribution in [0, 0.1) is 5.82 Å². The quantitative estimate of drug-likeness (QED) is 0.606. The highest BCUT2D eigenvalue weighted by Crippen LogP contribution is 2.12. The normalized spacial score (nSPS) is 11.2. The monoisotopic (exact) mass is 394 g/mol. The van der Waals surface area contributed by atoms with Crippen LogP contribution in [0.15, 0.2) is 53.4 Å². The Morgan fingerprint density at radius 1 is 1.04 bits per heavy atom. The summed E-state index contributed by atoms with van der Waals surface area (Å²) in [7, 11) is -2.13. The second-order valence-electron chi connectivity index (χ2n) is 5.90. The van der Waals surface area contributed by atoms with Gasteiger partial charge in [0.15, 0.2) is 0 Å². The summed E-state index contributed by atoms with van der Waals surface area (Å²) in [4.78, 5) is 11.8. The van der Waals surface area contributed by atoms with Crippen molar-refractivity contribution in [3.05, 3.63) is 59.9 Å². The number of carbonyl (C=O) groups is 1. The molecule has 0 saturated carbocycles. The molecule has 8 heteroatoms. The Kier molecular flexibility index (Phi) is 7.75. The predicted molar refractivity (Wildman–Crippen MR) is 101 cm³/mol. The van der Waals surface area contributed by atoms with E-state index in [2.05, 4.69) is 10.0 Å². The van der Waals surface area contributed by atoms with Gasteiger partial charge in [-0.1, -0.05) is 12.1 Å². The molecule has 2 rings (SSSR count). The first-order valence-corrected chi connectivity index (χ1v) is 10.0. The standard InChI is InChI=1S/C19H23FN2O4S/c1-26-17-8-4-15(5-9-17)3-2-13-21-19(23)12-14-22-27(24,25)18-10-6-16(20)7-11-18/h4-11,22H,2-3,12-14H2,1H3,(H,21,23). The Morgan fingerprint density at radius 2 is 1.70 bits per heavy atom. The molecule has 0 unspecified atom stereocenters. The average Bonchev–Trinajstić information content (AvgIpc) is 2.66. The zero-order chi connectivity index (χ0) is 19.7. The van der Waals surface area contributed by atoms with E-state index < -0.39 is 15.8 Å². The Bertz CT molecular complexity index is 837. The molecule has 146 valence electrons. The first-order valence-electron chi connectivity index (χ1n) is 8.55. The van der Waals surface area contributed by atoms with E-state index in [1.54, 1.807) is 7.11 Å². The highest BCUT2D eigenvalue weighted by molar-refractivity contribution is 7.89. The fourth-order valence-corrected chi connectivity index (χ4v) is 3.43. The lowest BCUT2D eigenvalue weighted by atomic mass is 10.1. The first kappa shape index (κ1) is 20.9. The summed E-state index contributed by atoms with van der Waals surface area (Å²) in [5.74, 6) is 0.0599. The number of aryl methyl sites for hydroxylation is 1. The van der Waals surface area contributed by atoms with Gasteiger partial charge in [0.05, 0.1) is 12.0 Å². The van der Waals surface area contributed by atoms with Crippen molar-refractivity contribution in [2.75, 3.05) is 20.2 Å². The third-order valence-electron chi connectivity index (χ3n) is 3.89. The molecule has 0 spiro atoms. The smallest absolute Gasteiger partial charge is 0.240 e. The summed E-state index contributed by atoms with van der Waals surface area (Å²) >= 11 is 0. The number of amides is 1. The van der Waals surface area contributed by atoms with Crippen molar-refractivity contribution < 1.29 is 22.3 Å². The van der Waals surface area contributed by atoms with Crippen molar-refractivity contribution >= 4 is 15.9 Å². The number of benzene rings is 2. The van der Waals surface area contributed by atoms with E-state index in [1.807, 2.05) is 24.3 Å². The van der Waals surface area contributed by atoms with Crippen molar-refractivity contribution in [2.45, 2.75) is 24.2 Å². The molecule has 0 aliphatic heterocycles. The van der Waals surface area contributed by atoms with Crippen LogP contribution >= 0.6 is 0 Å². The number of hydrogen-bond donors (Lipinski definition) is 2. The van der Waals surface area contributed by atoms with Crippen LogP contribution in [0.1, 0.15) is 18.4 Å². The molecule has 0 aliphatic carbocycles. The van der Waals surface area contributed by atoms with Crippen LogP contribution in [0.25, 0.3) is 0 Å². The van der Waals surface area contributed by atoms with Crippen molar-refractivity contribution in [1.29, 1.82) is 0 Å². The molecule has 0 radical (unpaired) electrons. The zero-order valence-corrected chi connectivity index (χ0v) is 15.9. The summed E-state index contributed by atoms with van der Waals surface area (Å²) in [6.07, 6.45) is 1.63. The fourth-order valence-electron chi connectivity index (χ4n) is 2.40. The van der Waals surface area contributed by atoms with E-state index in [0.29, 0.717) is 6.54 Å². The molecule has 1 amide bonds. The summed E-state index contributed by atoms with van der Waals surface area (Å²) in [6.45, 7) is 0.486. The predicted octanol–water partition coefficient (Wildman–Crippen LogP) is 2.25. The van der Waals surface area contributed by atoms with Crippen molar-refractivity contribution in [2.24, 2.45) is 0 Å². The Labute approximate surface area is 158 Å². The number of methoxy groups -OCH3 is 1. The molecule has 0 bridgehead atoms. The molecule has 27 heavy (non-hydrogen) atoms. The van der Waals surface area contributed by atoms with E-state index in [4.69, 9.17) is 4.74 Å². The van der Waals surface area contributed by atoms with Gasteiger partial charge in [0.2, 0.25) is 15.9 Å². The Hall–Kier alpha value is -2.45. The highest BCUT2D eigenvalue weighted by atomic mass is 32.2.